The molecule has 1 N–H and O–H groups in total. The monoisotopic (exact) mass is 478 g/mol. The minimum Gasteiger partial charge on any atom is -0.494 e. The fourth-order valence-corrected chi connectivity index (χ4v) is 3.55. The van der Waals surface area contributed by atoms with Crippen LogP contribution in [0.3, 0.4) is 0 Å². The largest absolute Gasteiger partial charge is 0.494 e. The van der Waals surface area contributed by atoms with Crippen molar-refractivity contribution in [3.8, 4) is 5.75 Å². The summed E-state index contributed by atoms with van der Waals surface area (Å²) in [6.45, 7) is 5.38. The first kappa shape index (κ1) is 26.0. The number of hydrogen-bond acceptors (Lipinski definition) is 3. The molecule has 0 saturated heterocycles. The molecule has 0 aliphatic rings. The molecular weight excluding hydrogens is 447 g/mol. The topological polar surface area (TPSA) is 58.6 Å². The second-order valence-electron chi connectivity index (χ2n) is 7.62. The summed E-state index contributed by atoms with van der Waals surface area (Å²) >= 11 is 11.9. The molecule has 2 rings (SSSR count). The van der Waals surface area contributed by atoms with Gasteiger partial charge in [0, 0.05) is 29.6 Å². The van der Waals surface area contributed by atoms with Crippen LogP contribution in [0.5, 0.6) is 5.75 Å². The van der Waals surface area contributed by atoms with Crippen molar-refractivity contribution in [1.29, 1.82) is 0 Å². The minimum atomic E-state index is -0.521. The molecule has 0 aromatic heterocycles. The average molecular weight is 479 g/mol. The van der Waals surface area contributed by atoms with E-state index in [9.17, 15) is 9.59 Å². The van der Waals surface area contributed by atoms with E-state index in [0.717, 1.165) is 18.4 Å². The van der Waals surface area contributed by atoms with Gasteiger partial charge in [-0.15, -0.1) is 0 Å². The summed E-state index contributed by atoms with van der Waals surface area (Å²) in [6, 6.07) is 13.9. The lowest BCUT2D eigenvalue weighted by atomic mass is 10.1. The van der Waals surface area contributed by atoms with Gasteiger partial charge in [-0.25, -0.2) is 0 Å². The van der Waals surface area contributed by atoms with Crippen LogP contribution in [-0.2, 0) is 16.1 Å². The number of rotatable bonds is 13. The van der Waals surface area contributed by atoms with Gasteiger partial charge in [0.1, 0.15) is 11.8 Å². The summed E-state index contributed by atoms with van der Waals surface area (Å²) in [6.07, 6.45) is 3.29. The molecule has 0 radical (unpaired) electrons. The molecule has 0 saturated carbocycles. The Hall–Kier alpha value is -2.24. The summed E-state index contributed by atoms with van der Waals surface area (Å²) < 4.78 is 5.70. The molecule has 7 heteroatoms. The van der Waals surface area contributed by atoms with E-state index in [1.54, 1.807) is 41.3 Å². The number of halogens is 2. The molecule has 0 bridgehead atoms. The lowest BCUT2D eigenvalue weighted by Crippen LogP contribution is -2.49. The maximum absolute atomic E-state index is 13.2. The Morgan fingerprint density at radius 1 is 0.969 bits per heavy atom. The number of carbonyl (C=O) groups is 2. The molecular formula is C25H32Cl2N2O3. The Kier molecular flexibility index (Phi) is 11.4. The lowest BCUT2D eigenvalue weighted by Gasteiger charge is -2.31. The third-order valence-corrected chi connectivity index (χ3v) is 5.60. The van der Waals surface area contributed by atoms with E-state index in [2.05, 4.69) is 12.2 Å². The standard InChI is InChI=1S/C25H32Cl2N2O3/c1-3-5-16-28-25(31)23(4-2)29(18-19-8-10-20(26)11-9-19)24(30)7-6-17-32-22-14-12-21(27)13-15-22/h8-15,23H,3-7,16-18H2,1-2H3,(H,28,31). The Morgan fingerprint density at radius 3 is 2.19 bits per heavy atom. The summed E-state index contributed by atoms with van der Waals surface area (Å²) in [5, 5.41) is 4.25. The molecule has 2 aromatic carbocycles. The maximum Gasteiger partial charge on any atom is 0.242 e. The highest BCUT2D eigenvalue weighted by Gasteiger charge is 2.28. The number of amides is 2. The summed E-state index contributed by atoms with van der Waals surface area (Å²) in [5.41, 5.74) is 0.931. The number of unbranched alkanes of at least 4 members (excludes halogenated alkanes) is 1. The third kappa shape index (κ3) is 8.71. The van der Waals surface area contributed by atoms with Gasteiger partial charge in [0.25, 0.3) is 0 Å². The summed E-state index contributed by atoms with van der Waals surface area (Å²) in [5.74, 6) is 0.527. The minimum absolute atomic E-state index is 0.0721. The Morgan fingerprint density at radius 2 is 1.59 bits per heavy atom. The van der Waals surface area contributed by atoms with Crippen LogP contribution in [-0.4, -0.2) is 35.9 Å². The van der Waals surface area contributed by atoms with E-state index in [1.807, 2.05) is 19.1 Å². The second kappa shape index (κ2) is 14.0. The zero-order chi connectivity index (χ0) is 23.3. The van der Waals surface area contributed by atoms with Crippen LogP contribution in [0.15, 0.2) is 48.5 Å². The molecule has 1 atom stereocenters. The van der Waals surface area contributed by atoms with Gasteiger partial charge in [-0.05, 0) is 61.2 Å². The van der Waals surface area contributed by atoms with Crippen molar-refractivity contribution in [1.82, 2.24) is 10.2 Å². The molecule has 2 amide bonds. The van der Waals surface area contributed by atoms with Crippen LogP contribution in [0.4, 0.5) is 0 Å². The smallest absolute Gasteiger partial charge is 0.242 e. The van der Waals surface area contributed by atoms with Crippen LogP contribution in [0.25, 0.3) is 0 Å². The SMILES string of the molecule is CCCCNC(=O)C(CC)N(Cc1ccc(Cl)cc1)C(=O)CCCOc1ccc(Cl)cc1. The Bertz CT molecular complexity index is 841. The van der Waals surface area contributed by atoms with Gasteiger partial charge < -0.3 is 15.0 Å². The quantitative estimate of drug-likeness (QED) is 0.365. The number of ether oxygens (including phenoxy) is 1. The molecule has 32 heavy (non-hydrogen) atoms. The Labute approximate surface area is 201 Å². The summed E-state index contributed by atoms with van der Waals surface area (Å²) in [4.78, 5) is 27.6. The van der Waals surface area contributed by atoms with E-state index in [0.29, 0.717) is 54.8 Å². The van der Waals surface area contributed by atoms with E-state index < -0.39 is 6.04 Å². The highest BCUT2D eigenvalue weighted by Crippen LogP contribution is 2.18. The second-order valence-corrected chi connectivity index (χ2v) is 8.50. The number of hydrogen-bond donors (Lipinski definition) is 1. The predicted octanol–water partition coefficient (Wildman–Crippen LogP) is 5.88. The molecule has 174 valence electrons. The predicted molar refractivity (Wildman–Crippen MR) is 130 cm³/mol. The molecule has 5 nitrogen and oxygen atoms in total. The normalized spacial score (nSPS) is 11.6. The fraction of sp³-hybridized carbons (Fsp3) is 0.440. The van der Waals surface area contributed by atoms with Crippen LogP contribution in [0.1, 0.15) is 51.5 Å². The Balaban J connectivity index is 2.02. The van der Waals surface area contributed by atoms with Crippen molar-refractivity contribution in [2.45, 2.75) is 58.5 Å². The number of carbonyl (C=O) groups excluding carboxylic acids is 2. The molecule has 0 fully saturated rings. The van der Waals surface area contributed by atoms with Crippen molar-refractivity contribution >= 4 is 35.0 Å². The lowest BCUT2D eigenvalue weighted by molar-refractivity contribution is -0.141. The van der Waals surface area contributed by atoms with Crippen molar-refractivity contribution in [3.05, 3.63) is 64.1 Å². The molecule has 0 heterocycles. The van der Waals surface area contributed by atoms with E-state index in [4.69, 9.17) is 27.9 Å². The highest BCUT2D eigenvalue weighted by molar-refractivity contribution is 6.30. The van der Waals surface area contributed by atoms with Crippen LogP contribution in [0, 0.1) is 0 Å². The van der Waals surface area contributed by atoms with E-state index in [1.165, 1.54) is 0 Å². The van der Waals surface area contributed by atoms with Crippen molar-refractivity contribution in [2.24, 2.45) is 0 Å². The maximum atomic E-state index is 13.2. The van der Waals surface area contributed by atoms with Gasteiger partial charge in [0.2, 0.25) is 11.8 Å². The van der Waals surface area contributed by atoms with E-state index >= 15 is 0 Å². The van der Waals surface area contributed by atoms with Crippen LogP contribution >= 0.6 is 23.2 Å². The number of nitrogens with one attached hydrogen (secondary N) is 1. The van der Waals surface area contributed by atoms with Crippen LogP contribution in [0.2, 0.25) is 10.0 Å². The third-order valence-electron chi connectivity index (χ3n) is 5.10. The first-order valence-corrected chi connectivity index (χ1v) is 11.9. The van der Waals surface area contributed by atoms with Gasteiger partial charge in [0.15, 0.2) is 0 Å². The molecule has 2 aromatic rings. The van der Waals surface area contributed by atoms with Crippen molar-refractivity contribution in [2.75, 3.05) is 13.2 Å². The molecule has 0 spiro atoms. The van der Waals surface area contributed by atoms with Crippen LogP contribution < -0.4 is 10.1 Å². The zero-order valence-corrected chi connectivity index (χ0v) is 20.3. The molecule has 0 aliphatic heterocycles. The highest BCUT2D eigenvalue weighted by atomic mass is 35.5. The van der Waals surface area contributed by atoms with Gasteiger partial charge in [-0.3, -0.25) is 9.59 Å². The average Bonchev–Trinajstić information content (AvgIpc) is 2.79. The van der Waals surface area contributed by atoms with Gasteiger partial charge >= 0.3 is 0 Å². The molecule has 0 aliphatic carbocycles. The first-order valence-electron chi connectivity index (χ1n) is 11.1. The first-order chi connectivity index (χ1) is 15.4. The van der Waals surface area contributed by atoms with Crippen molar-refractivity contribution < 1.29 is 14.3 Å². The fourth-order valence-electron chi connectivity index (χ4n) is 3.30. The van der Waals surface area contributed by atoms with Gasteiger partial charge in [-0.2, -0.15) is 0 Å². The van der Waals surface area contributed by atoms with Gasteiger partial charge in [-0.1, -0.05) is 55.6 Å². The van der Waals surface area contributed by atoms with Gasteiger partial charge in [0.05, 0.1) is 6.61 Å². The molecule has 1 unspecified atom stereocenters. The summed E-state index contributed by atoms with van der Waals surface area (Å²) in [7, 11) is 0. The van der Waals surface area contributed by atoms with Crippen molar-refractivity contribution in [3.63, 3.8) is 0 Å². The number of nitrogens with zero attached hydrogens (tertiary/aromatic N) is 1. The zero-order valence-electron chi connectivity index (χ0n) is 18.8. The number of benzene rings is 2. The van der Waals surface area contributed by atoms with E-state index in [-0.39, 0.29) is 11.8 Å².